The Labute approximate surface area is 137 Å². The molecule has 0 heterocycles. The van der Waals surface area contributed by atoms with Crippen LogP contribution < -0.4 is 10.6 Å². The molecule has 1 atom stereocenters. The summed E-state index contributed by atoms with van der Waals surface area (Å²) >= 11 is 2.22. The number of nitrogens with one attached hydrogen (secondary N) is 2. The van der Waals surface area contributed by atoms with Crippen LogP contribution in [0, 0.1) is 14.9 Å². The number of nitrogens with zero attached hydrogens (tertiary/aromatic N) is 1. The third kappa shape index (κ3) is 4.46. The molecule has 106 valence electrons. The molecule has 0 aromatic heterocycles. The molecule has 2 N–H and O–H groups in total. The monoisotopic (exact) mass is 391 g/mol. The summed E-state index contributed by atoms with van der Waals surface area (Å²) in [6.45, 7) is 1.79. The van der Waals surface area contributed by atoms with E-state index in [1.807, 2.05) is 30.3 Å². The molecule has 0 fully saturated rings. The van der Waals surface area contributed by atoms with Gasteiger partial charge in [-0.25, -0.2) is 0 Å². The fourth-order valence-corrected chi connectivity index (χ4v) is 2.35. The molecular weight excluding hydrogens is 377 g/mol. The van der Waals surface area contributed by atoms with E-state index in [0.717, 1.165) is 9.26 Å². The minimum atomic E-state index is -0.381. The Morgan fingerprint density at radius 1 is 1.19 bits per heavy atom. The molecule has 1 amide bonds. The molecule has 0 radical (unpaired) electrons. The van der Waals surface area contributed by atoms with Crippen LogP contribution in [0.2, 0.25) is 0 Å². The third-order valence-electron chi connectivity index (χ3n) is 2.86. The van der Waals surface area contributed by atoms with Crippen molar-refractivity contribution in [3.05, 3.63) is 57.7 Å². The number of halogens is 1. The van der Waals surface area contributed by atoms with Gasteiger partial charge in [0.05, 0.1) is 11.6 Å². The van der Waals surface area contributed by atoms with E-state index in [4.69, 9.17) is 5.26 Å². The van der Waals surface area contributed by atoms with Gasteiger partial charge >= 0.3 is 0 Å². The molecule has 0 saturated heterocycles. The summed E-state index contributed by atoms with van der Waals surface area (Å²) in [5, 5.41) is 14.8. The molecular formula is C16H14IN3O. The Morgan fingerprint density at radius 2 is 1.90 bits per heavy atom. The van der Waals surface area contributed by atoms with Crippen molar-refractivity contribution < 1.29 is 4.79 Å². The van der Waals surface area contributed by atoms with E-state index < -0.39 is 0 Å². The standard InChI is InChI=1S/C16H14IN3O/c1-11(19-15-7-3-5-13(17)9-15)16(21)20-14-6-2-4-12(8-14)10-18/h2-9,11,19H,1H3,(H,20,21). The van der Waals surface area contributed by atoms with E-state index in [1.165, 1.54) is 0 Å². The van der Waals surface area contributed by atoms with Crippen LogP contribution in [0.15, 0.2) is 48.5 Å². The van der Waals surface area contributed by atoms with Crippen molar-refractivity contribution in [3.63, 3.8) is 0 Å². The van der Waals surface area contributed by atoms with Gasteiger partial charge in [0.15, 0.2) is 0 Å². The number of carbonyl (C=O) groups excluding carboxylic acids is 1. The van der Waals surface area contributed by atoms with Gasteiger partial charge in [0.25, 0.3) is 0 Å². The van der Waals surface area contributed by atoms with Crippen LogP contribution >= 0.6 is 22.6 Å². The van der Waals surface area contributed by atoms with Gasteiger partial charge in [0.1, 0.15) is 6.04 Å². The number of hydrogen-bond acceptors (Lipinski definition) is 3. The normalized spacial score (nSPS) is 11.3. The van der Waals surface area contributed by atoms with Gasteiger partial charge in [-0.3, -0.25) is 4.79 Å². The summed E-state index contributed by atoms with van der Waals surface area (Å²) in [7, 11) is 0. The molecule has 0 saturated carbocycles. The van der Waals surface area contributed by atoms with Crippen LogP contribution in [0.4, 0.5) is 11.4 Å². The van der Waals surface area contributed by atoms with Crippen molar-refractivity contribution in [2.75, 3.05) is 10.6 Å². The van der Waals surface area contributed by atoms with Gasteiger partial charge in [-0.1, -0.05) is 12.1 Å². The zero-order valence-electron chi connectivity index (χ0n) is 11.4. The van der Waals surface area contributed by atoms with Crippen LogP contribution in [0.25, 0.3) is 0 Å². The summed E-state index contributed by atoms with van der Waals surface area (Å²) in [5.74, 6) is -0.149. The van der Waals surface area contributed by atoms with Crippen LogP contribution in [0.5, 0.6) is 0 Å². The number of amides is 1. The van der Waals surface area contributed by atoms with Crippen LogP contribution in [0.3, 0.4) is 0 Å². The lowest BCUT2D eigenvalue weighted by molar-refractivity contribution is -0.116. The number of hydrogen-bond donors (Lipinski definition) is 2. The molecule has 2 rings (SSSR count). The minimum absolute atomic E-state index is 0.149. The van der Waals surface area contributed by atoms with Crippen molar-refractivity contribution >= 4 is 39.9 Å². The van der Waals surface area contributed by atoms with Crippen LogP contribution in [0.1, 0.15) is 12.5 Å². The van der Waals surface area contributed by atoms with Crippen molar-refractivity contribution in [3.8, 4) is 6.07 Å². The summed E-state index contributed by atoms with van der Waals surface area (Å²) in [6, 6.07) is 16.3. The molecule has 4 nitrogen and oxygen atoms in total. The van der Waals surface area contributed by atoms with E-state index in [1.54, 1.807) is 31.2 Å². The van der Waals surface area contributed by atoms with Gasteiger partial charge in [-0.05, 0) is 65.9 Å². The van der Waals surface area contributed by atoms with Crippen LogP contribution in [-0.4, -0.2) is 11.9 Å². The van der Waals surface area contributed by atoms with Gasteiger partial charge in [-0.2, -0.15) is 5.26 Å². The van der Waals surface area contributed by atoms with E-state index in [0.29, 0.717) is 11.3 Å². The number of rotatable bonds is 4. The molecule has 2 aromatic rings. The molecule has 2 aromatic carbocycles. The van der Waals surface area contributed by atoms with Crippen molar-refractivity contribution in [2.45, 2.75) is 13.0 Å². The molecule has 0 bridgehead atoms. The lowest BCUT2D eigenvalue weighted by Gasteiger charge is -2.15. The predicted octanol–water partition coefficient (Wildman–Crippen LogP) is 3.60. The maximum atomic E-state index is 12.1. The Bertz CT molecular complexity index is 694. The summed E-state index contributed by atoms with van der Waals surface area (Å²) in [5.41, 5.74) is 2.04. The number of benzene rings is 2. The topological polar surface area (TPSA) is 64.9 Å². The highest BCUT2D eigenvalue weighted by atomic mass is 127. The first-order valence-electron chi connectivity index (χ1n) is 6.41. The van der Waals surface area contributed by atoms with Gasteiger partial charge in [-0.15, -0.1) is 0 Å². The SMILES string of the molecule is CC(Nc1cccc(I)c1)C(=O)Nc1cccc(C#N)c1. The highest BCUT2D eigenvalue weighted by Crippen LogP contribution is 2.15. The lowest BCUT2D eigenvalue weighted by atomic mass is 10.2. The molecule has 0 spiro atoms. The first-order valence-corrected chi connectivity index (χ1v) is 7.49. The zero-order chi connectivity index (χ0) is 15.2. The average Bonchev–Trinajstić information content (AvgIpc) is 2.47. The maximum absolute atomic E-state index is 12.1. The molecule has 1 unspecified atom stereocenters. The first kappa shape index (κ1) is 15.3. The Kier molecular flexibility index (Phi) is 5.17. The third-order valence-corrected chi connectivity index (χ3v) is 3.53. The maximum Gasteiger partial charge on any atom is 0.246 e. The smallest absolute Gasteiger partial charge is 0.246 e. The fraction of sp³-hybridized carbons (Fsp3) is 0.125. The van der Waals surface area contributed by atoms with E-state index in [-0.39, 0.29) is 11.9 Å². The van der Waals surface area contributed by atoms with E-state index in [9.17, 15) is 4.79 Å². The fourth-order valence-electron chi connectivity index (χ4n) is 1.81. The van der Waals surface area contributed by atoms with Crippen molar-refractivity contribution in [1.82, 2.24) is 0 Å². The predicted molar refractivity (Wildman–Crippen MR) is 92.0 cm³/mol. The second kappa shape index (κ2) is 7.09. The highest BCUT2D eigenvalue weighted by molar-refractivity contribution is 14.1. The van der Waals surface area contributed by atoms with Crippen molar-refractivity contribution in [2.24, 2.45) is 0 Å². The van der Waals surface area contributed by atoms with E-state index in [2.05, 4.69) is 33.2 Å². The average molecular weight is 391 g/mol. The van der Waals surface area contributed by atoms with Gasteiger partial charge in [0, 0.05) is 14.9 Å². The van der Waals surface area contributed by atoms with E-state index >= 15 is 0 Å². The first-order chi connectivity index (χ1) is 10.1. The largest absolute Gasteiger partial charge is 0.374 e. The Hall–Kier alpha value is -2.07. The second-order valence-corrected chi connectivity index (χ2v) is 5.80. The number of anilines is 2. The van der Waals surface area contributed by atoms with Crippen LogP contribution in [-0.2, 0) is 4.79 Å². The second-order valence-electron chi connectivity index (χ2n) is 4.56. The summed E-state index contributed by atoms with van der Waals surface area (Å²) in [6.07, 6.45) is 0. The molecule has 21 heavy (non-hydrogen) atoms. The summed E-state index contributed by atoms with van der Waals surface area (Å²) in [4.78, 5) is 12.1. The molecule has 5 heteroatoms. The van der Waals surface area contributed by atoms with Crippen molar-refractivity contribution in [1.29, 1.82) is 5.26 Å². The zero-order valence-corrected chi connectivity index (χ0v) is 13.6. The minimum Gasteiger partial charge on any atom is -0.374 e. The van der Waals surface area contributed by atoms with Gasteiger partial charge < -0.3 is 10.6 Å². The summed E-state index contributed by atoms with van der Waals surface area (Å²) < 4.78 is 1.10. The number of nitriles is 1. The Balaban J connectivity index is 2.01. The quantitative estimate of drug-likeness (QED) is 0.783. The molecule has 0 aliphatic carbocycles. The molecule has 0 aliphatic rings. The Morgan fingerprint density at radius 3 is 2.62 bits per heavy atom. The lowest BCUT2D eigenvalue weighted by Crippen LogP contribution is -2.31. The molecule has 0 aliphatic heterocycles. The van der Waals surface area contributed by atoms with Gasteiger partial charge in [0.2, 0.25) is 5.91 Å². The highest BCUT2D eigenvalue weighted by Gasteiger charge is 2.13. The number of carbonyl (C=O) groups is 1.